The van der Waals surface area contributed by atoms with Gasteiger partial charge >= 0.3 is 18.2 Å². The van der Waals surface area contributed by atoms with Crippen LogP contribution in [0.5, 0.6) is 0 Å². The fraction of sp³-hybridized carbons (Fsp3) is 0.846. The molecule has 1 fully saturated rings. The highest BCUT2D eigenvalue weighted by Gasteiger charge is 2.32. The molecule has 2 amide bonds. The van der Waals surface area contributed by atoms with Gasteiger partial charge in [-0.25, -0.2) is 4.79 Å². The van der Waals surface area contributed by atoms with Crippen molar-refractivity contribution in [2.24, 2.45) is 5.92 Å². The molecule has 1 aliphatic rings. The lowest BCUT2D eigenvalue weighted by molar-refractivity contribution is -0.143. The van der Waals surface area contributed by atoms with Gasteiger partial charge in [0.2, 0.25) is 0 Å². The number of halogens is 3. The first kappa shape index (κ1) is 17.6. The van der Waals surface area contributed by atoms with Crippen molar-refractivity contribution >= 4 is 12.0 Å². The summed E-state index contributed by atoms with van der Waals surface area (Å²) in [7, 11) is 0. The van der Waals surface area contributed by atoms with Gasteiger partial charge in [-0.1, -0.05) is 6.92 Å². The molecule has 21 heavy (non-hydrogen) atoms. The van der Waals surface area contributed by atoms with E-state index in [9.17, 15) is 22.8 Å². The van der Waals surface area contributed by atoms with Gasteiger partial charge in [0.25, 0.3) is 0 Å². The number of hydrogen-bond acceptors (Lipinski definition) is 2. The zero-order valence-corrected chi connectivity index (χ0v) is 11.9. The zero-order valence-electron chi connectivity index (χ0n) is 11.9. The number of carbonyl (C=O) groups is 2. The van der Waals surface area contributed by atoms with Gasteiger partial charge in [-0.3, -0.25) is 4.79 Å². The van der Waals surface area contributed by atoms with Crippen LogP contribution in [0, 0.1) is 5.92 Å². The number of hydrogen-bond donors (Lipinski definition) is 3. The standard InChI is InChI=1S/C13H21F3N2O3/c1-2-9(7-13(14,15)16)17-12(21)18-10-5-3-8(4-6-10)11(19)20/h8-10H,2-7H2,1H3,(H,19,20)(H2,17,18,21). The molecule has 1 atom stereocenters. The predicted octanol–water partition coefficient (Wildman–Crippen LogP) is 2.66. The maximum absolute atomic E-state index is 12.3. The molecule has 0 radical (unpaired) electrons. The van der Waals surface area contributed by atoms with Gasteiger partial charge in [-0.15, -0.1) is 0 Å². The summed E-state index contributed by atoms with van der Waals surface area (Å²) in [5.41, 5.74) is 0. The van der Waals surface area contributed by atoms with E-state index in [1.807, 2.05) is 0 Å². The van der Waals surface area contributed by atoms with Gasteiger partial charge in [-0.05, 0) is 32.1 Å². The van der Waals surface area contributed by atoms with Gasteiger partial charge in [-0.2, -0.15) is 13.2 Å². The average Bonchev–Trinajstić information content (AvgIpc) is 2.36. The van der Waals surface area contributed by atoms with E-state index in [2.05, 4.69) is 10.6 Å². The zero-order chi connectivity index (χ0) is 16.0. The van der Waals surface area contributed by atoms with Crippen molar-refractivity contribution in [3.05, 3.63) is 0 Å². The second-order valence-electron chi connectivity index (χ2n) is 5.43. The minimum absolute atomic E-state index is 0.177. The van der Waals surface area contributed by atoms with Gasteiger partial charge in [0.15, 0.2) is 0 Å². The Labute approximate surface area is 121 Å². The number of amides is 2. The molecule has 1 saturated carbocycles. The summed E-state index contributed by atoms with van der Waals surface area (Å²) < 4.78 is 36.9. The number of urea groups is 1. The van der Waals surface area contributed by atoms with E-state index in [0.29, 0.717) is 25.7 Å². The van der Waals surface area contributed by atoms with Crippen LogP contribution in [0.3, 0.4) is 0 Å². The molecule has 0 aromatic heterocycles. The minimum atomic E-state index is -4.31. The fourth-order valence-electron chi connectivity index (χ4n) is 2.47. The summed E-state index contributed by atoms with van der Waals surface area (Å²) in [4.78, 5) is 22.5. The highest BCUT2D eigenvalue weighted by molar-refractivity contribution is 5.74. The highest BCUT2D eigenvalue weighted by atomic mass is 19.4. The molecule has 0 bridgehead atoms. The molecule has 0 spiro atoms. The minimum Gasteiger partial charge on any atom is -0.481 e. The summed E-state index contributed by atoms with van der Waals surface area (Å²) in [5, 5.41) is 13.8. The summed E-state index contributed by atoms with van der Waals surface area (Å²) in [6.07, 6.45) is -3.17. The molecular weight excluding hydrogens is 289 g/mol. The Bertz CT molecular complexity index is 366. The third kappa shape index (κ3) is 6.68. The number of carbonyl (C=O) groups excluding carboxylic acids is 1. The molecule has 0 aromatic carbocycles. The van der Waals surface area contributed by atoms with Gasteiger partial charge in [0.05, 0.1) is 12.3 Å². The largest absolute Gasteiger partial charge is 0.481 e. The Kier molecular flexibility index (Phi) is 6.29. The van der Waals surface area contributed by atoms with Crippen LogP contribution in [-0.2, 0) is 4.79 Å². The first-order valence-electron chi connectivity index (χ1n) is 7.07. The fourth-order valence-corrected chi connectivity index (χ4v) is 2.47. The Hall–Kier alpha value is -1.47. The molecule has 1 rings (SSSR count). The first-order chi connectivity index (χ1) is 9.71. The molecule has 0 aliphatic heterocycles. The quantitative estimate of drug-likeness (QED) is 0.730. The molecule has 1 aliphatic carbocycles. The number of nitrogens with one attached hydrogen (secondary N) is 2. The van der Waals surface area contributed by atoms with Crippen LogP contribution < -0.4 is 10.6 Å². The monoisotopic (exact) mass is 310 g/mol. The Morgan fingerprint density at radius 1 is 1.24 bits per heavy atom. The lowest BCUT2D eigenvalue weighted by Crippen LogP contribution is -2.48. The molecule has 1 unspecified atom stereocenters. The van der Waals surface area contributed by atoms with Crippen molar-refractivity contribution in [2.45, 2.75) is 63.7 Å². The summed E-state index contributed by atoms with van der Waals surface area (Å²) in [6, 6.07) is -1.74. The van der Waals surface area contributed by atoms with Crippen LogP contribution in [0.2, 0.25) is 0 Å². The van der Waals surface area contributed by atoms with Crippen LogP contribution >= 0.6 is 0 Å². The topological polar surface area (TPSA) is 78.4 Å². The molecule has 122 valence electrons. The Morgan fingerprint density at radius 2 is 1.81 bits per heavy atom. The van der Waals surface area contributed by atoms with E-state index >= 15 is 0 Å². The van der Waals surface area contributed by atoms with E-state index in [-0.39, 0.29) is 18.4 Å². The maximum Gasteiger partial charge on any atom is 0.391 e. The molecular formula is C13H21F3N2O3. The third-order valence-electron chi connectivity index (χ3n) is 3.72. The molecule has 0 saturated heterocycles. The Balaban J connectivity index is 2.35. The second kappa shape index (κ2) is 7.51. The average molecular weight is 310 g/mol. The number of carboxylic acids is 1. The van der Waals surface area contributed by atoms with Crippen LogP contribution in [0.1, 0.15) is 45.4 Å². The smallest absolute Gasteiger partial charge is 0.391 e. The Morgan fingerprint density at radius 3 is 2.24 bits per heavy atom. The molecule has 0 heterocycles. The molecule has 3 N–H and O–H groups in total. The maximum atomic E-state index is 12.3. The van der Waals surface area contributed by atoms with Gasteiger partial charge in [0.1, 0.15) is 0 Å². The van der Waals surface area contributed by atoms with Crippen molar-refractivity contribution in [1.82, 2.24) is 10.6 Å². The summed E-state index contributed by atoms with van der Waals surface area (Å²) >= 11 is 0. The first-order valence-corrected chi connectivity index (χ1v) is 7.07. The van der Waals surface area contributed by atoms with E-state index in [4.69, 9.17) is 5.11 Å². The van der Waals surface area contributed by atoms with Crippen molar-refractivity contribution in [3.63, 3.8) is 0 Å². The normalized spacial score (nSPS) is 24.2. The van der Waals surface area contributed by atoms with Crippen molar-refractivity contribution < 1.29 is 27.9 Å². The van der Waals surface area contributed by atoms with E-state index < -0.39 is 30.6 Å². The number of alkyl halides is 3. The summed E-state index contributed by atoms with van der Waals surface area (Å²) in [5.74, 6) is -1.23. The lowest BCUT2D eigenvalue weighted by atomic mass is 9.86. The van der Waals surface area contributed by atoms with Crippen LogP contribution in [0.15, 0.2) is 0 Å². The summed E-state index contributed by atoms with van der Waals surface area (Å²) in [6.45, 7) is 1.58. The highest BCUT2D eigenvalue weighted by Crippen LogP contribution is 2.25. The van der Waals surface area contributed by atoms with E-state index in [1.54, 1.807) is 6.92 Å². The van der Waals surface area contributed by atoms with E-state index in [1.165, 1.54) is 0 Å². The molecule has 0 aromatic rings. The molecule has 8 heteroatoms. The van der Waals surface area contributed by atoms with Crippen molar-refractivity contribution in [3.8, 4) is 0 Å². The predicted molar refractivity (Wildman–Crippen MR) is 69.8 cm³/mol. The van der Waals surface area contributed by atoms with E-state index in [0.717, 1.165) is 0 Å². The second-order valence-corrected chi connectivity index (χ2v) is 5.43. The van der Waals surface area contributed by atoms with Crippen LogP contribution in [0.4, 0.5) is 18.0 Å². The molecule has 5 nitrogen and oxygen atoms in total. The number of aliphatic carboxylic acids is 1. The number of carboxylic acid groups (broad SMARTS) is 1. The van der Waals surface area contributed by atoms with Crippen molar-refractivity contribution in [2.75, 3.05) is 0 Å². The van der Waals surface area contributed by atoms with Crippen molar-refractivity contribution in [1.29, 1.82) is 0 Å². The number of rotatable bonds is 5. The van der Waals surface area contributed by atoms with Crippen LogP contribution in [-0.4, -0.2) is 35.4 Å². The van der Waals surface area contributed by atoms with Gasteiger partial charge in [0, 0.05) is 12.1 Å². The van der Waals surface area contributed by atoms with Gasteiger partial charge < -0.3 is 15.7 Å². The lowest BCUT2D eigenvalue weighted by Gasteiger charge is -2.28. The third-order valence-corrected chi connectivity index (χ3v) is 3.72. The SMILES string of the molecule is CCC(CC(F)(F)F)NC(=O)NC1CCC(C(=O)O)CC1. The van der Waals surface area contributed by atoms with Crippen LogP contribution in [0.25, 0.3) is 0 Å².